The molecule has 6 nitrogen and oxygen atoms in total. The number of carbonyl (C=O) groups excluding carboxylic acids is 1. The van der Waals surface area contributed by atoms with Crippen molar-refractivity contribution in [1.29, 1.82) is 0 Å². The van der Waals surface area contributed by atoms with E-state index in [-0.39, 0.29) is 6.04 Å². The molecule has 5 atom stereocenters. The number of fused-ring (bicyclic) bond motifs is 5. The van der Waals surface area contributed by atoms with E-state index in [1.807, 2.05) is 12.4 Å². The zero-order valence-electron chi connectivity index (χ0n) is 16.0. The third kappa shape index (κ3) is 3.50. The average Bonchev–Trinajstić information content (AvgIpc) is 2.94. The molecule has 146 valence electrons. The second-order valence-corrected chi connectivity index (χ2v) is 8.96. The Balaban J connectivity index is 1.28. The largest absolute Gasteiger partial charge is 0.337 e. The molecular weight excluding hydrogens is 338 g/mol. The van der Waals surface area contributed by atoms with Crippen LogP contribution >= 0.6 is 0 Å². The zero-order valence-corrected chi connectivity index (χ0v) is 16.0. The summed E-state index contributed by atoms with van der Waals surface area (Å²) >= 11 is 0. The number of aromatic nitrogens is 1. The molecule has 2 bridgehead atoms. The summed E-state index contributed by atoms with van der Waals surface area (Å²) in [6.07, 6.45) is 11.1. The maximum absolute atomic E-state index is 13.5. The first-order valence-electron chi connectivity index (χ1n) is 10.7. The van der Waals surface area contributed by atoms with Gasteiger partial charge in [0.15, 0.2) is 0 Å². The molecule has 4 aliphatic heterocycles. The molecule has 1 aromatic heterocycles. The number of hydrazine groups is 1. The van der Waals surface area contributed by atoms with Crippen molar-refractivity contribution in [2.45, 2.75) is 63.2 Å². The van der Waals surface area contributed by atoms with Gasteiger partial charge < -0.3 is 4.90 Å². The van der Waals surface area contributed by atoms with Gasteiger partial charge in [-0.05, 0) is 49.3 Å². The molecule has 1 aliphatic carbocycles. The van der Waals surface area contributed by atoms with Gasteiger partial charge in [-0.15, -0.1) is 0 Å². The van der Waals surface area contributed by atoms with Crippen molar-refractivity contribution in [2.75, 3.05) is 19.6 Å². The summed E-state index contributed by atoms with van der Waals surface area (Å²) < 4.78 is 0. The van der Waals surface area contributed by atoms with Crippen molar-refractivity contribution >= 4 is 5.91 Å². The quantitative estimate of drug-likeness (QED) is 0.846. The fourth-order valence-electron chi connectivity index (χ4n) is 5.79. The topological polar surface area (TPSA) is 60.5 Å². The highest BCUT2D eigenvalue weighted by Crippen LogP contribution is 2.34. The molecule has 0 aromatic carbocycles. The van der Waals surface area contributed by atoms with Crippen molar-refractivity contribution in [1.82, 2.24) is 25.6 Å². The van der Waals surface area contributed by atoms with Crippen LogP contribution in [0.25, 0.3) is 0 Å². The van der Waals surface area contributed by atoms with Crippen molar-refractivity contribution in [3.63, 3.8) is 0 Å². The van der Waals surface area contributed by atoms with E-state index in [0.717, 1.165) is 32.6 Å². The van der Waals surface area contributed by atoms with Crippen LogP contribution in [0.15, 0.2) is 24.5 Å². The molecule has 1 amide bonds. The molecule has 1 aromatic rings. The normalized spacial score (nSPS) is 36.4. The molecule has 2 N–H and O–H groups in total. The zero-order chi connectivity index (χ0) is 18.2. The first-order valence-corrected chi connectivity index (χ1v) is 10.7. The fourth-order valence-corrected chi connectivity index (χ4v) is 5.79. The van der Waals surface area contributed by atoms with E-state index >= 15 is 0 Å². The first kappa shape index (κ1) is 17.6. The van der Waals surface area contributed by atoms with Gasteiger partial charge in [-0.1, -0.05) is 12.8 Å². The highest BCUT2D eigenvalue weighted by atomic mass is 16.2. The number of nitrogens with one attached hydrogen (secondary N) is 2. The molecule has 4 saturated heterocycles. The summed E-state index contributed by atoms with van der Waals surface area (Å²) in [5, 5.41) is 0. The Bertz CT molecular complexity index is 668. The average molecular weight is 370 g/mol. The molecule has 1 saturated carbocycles. The van der Waals surface area contributed by atoms with Gasteiger partial charge in [-0.25, -0.2) is 5.43 Å². The van der Waals surface area contributed by atoms with Crippen LogP contribution in [-0.2, 0) is 11.3 Å². The Morgan fingerprint density at radius 2 is 1.89 bits per heavy atom. The molecule has 5 heterocycles. The number of hydrogen-bond donors (Lipinski definition) is 2. The molecule has 3 unspecified atom stereocenters. The monoisotopic (exact) mass is 369 g/mol. The van der Waals surface area contributed by atoms with E-state index in [4.69, 9.17) is 0 Å². The Labute approximate surface area is 161 Å². The van der Waals surface area contributed by atoms with Crippen molar-refractivity contribution in [3.05, 3.63) is 30.1 Å². The predicted octanol–water partition coefficient (Wildman–Crippen LogP) is 1.54. The number of piperidine rings is 1. The Morgan fingerprint density at radius 3 is 2.78 bits per heavy atom. The minimum absolute atomic E-state index is 0.0247. The van der Waals surface area contributed by atoms with Crippen LogP contribution < -0.4 is 10.9 Å². The van der Waals surface area contributed by atoms with Crippen LogP contribution in [0.3, 0.4) is 0 Å². The molecule has 5 aliphatic rings. The van der Waals surface area contributed by atoms with Crippen LogP contribution in [0.1, 0.15) is 44.1 Å². The summed E-state index contributed by atoms with van der Waals surface area (Å²) in [4.78, 5) is 22.4. The predicted molar refractivity (Wildman–Crippen MR) is 104 cm³/mol. The highest BCUT2D eigenvalue weighted by molar-refractivity contribution is 5.83. The minimum atomic E-state index is -0.0247. The molecule has 6 heteroatoms. The van der Waals surface area contributed by atoms with Gasteiger partial charge in [0.1, 0.15) is 6.04 Å². The smallest absolute Gasteiger partial charge is 0.241 e. The van der Waals surface area contributed by atoms with Gasteiger partial charge in [0.05, 0.1) is 0 Å². The molecule has 6 rings (SSSR count). The number of amides is 1. The Hall–Kier alpha value is -1.50. The number of rotatable bonds is 3. The van der Waals surface area contributed by atoms with Gasteiger partial charge >= 0.3 is 0 Å². The van der Waals surface area contributed by atoms with Crippen LogP contribution in [0.5, 0.6) is 0 Å². The van der Waals surface area contributed by atoms with Gasteiger partial charge in [0.25, 0.3) is 0 Å². The van der Waals surface area contributed by atoms with Crippen molar-refractivity contribution < 1.29 is 4.79 Å². The summed E-state index contributed by atoms with van der Waals surface area (Å²) in [5.74, 6) is 1.42. The number of nitrogens with zero attached hydrogens (tertiary/aromatic N) is 3. The lowest BCUT2D eigenvalue weighted by Crippen LogP contribution is -2.55. The summed E-state index contributed by atoms with van der Waals surface area (Å²) in [6, 6.07) is 5.03. The third-order valence-electron chi connectivity index (χ3n) is 7.17. The van der Waals surface area contributed by atoms with E-state index < -0.39 is 0 Å². The number of pyridine rings is 1. The second kappa shape index (κ2) is 7.49. The number of hydrogen-bond acceptors (Lipinski definition) is 5. The third-order valence-corrected chi connectivity index (χ3v) is 7.17. The van der Waals surface area contributed by atoms with Crippen LogP contribution in [0, 0.1) is 11.8 Å². The maximum atomic E-state index is 13.5. The lowest BCUT2D eigenvalue weighted by Gasteiger charge is -2.39. The van der Waals surface area contributed by atoms with Crippen LogP contribution in [0.2, 0.25) is 0 Å². The molecule has 0 spiro atoms. The molecule has 5 fully saturated rings. The van der Waals surface area contributed by atoms with Crippen molar-refractivity contribution in [3.8, 4) is 0 Å². The summed E-state index contributed by atoms with van der Waals surface area (Å²) in [6.45, 7) is 4.00. The summed E-state index contributed by atoms with van der Waals surface area (Å²) in [7, 11) is 0. The lowest BCUT2D eigenvalue weighted by atomic mass is 9.81. The molecule has 0 radical (unpaired) electrons. The van der Waals surface area contributed by atoms with Crippen LogP contribution in [0.4, 0.5) is 0 Å². The summed E-state index contributed by atoms with van der Waals surface area (Å²) in [5.41, 5.74) is 8.10. The lowest BCUT2D eigenvalue weighted by molar-refractivity contribution is -0.138. The minimum Gasteiger partial charge on any atom is -0.337 e. The first-order chi connectivity index (χ1) is 13.3. The number of carbonyl (C=O) groups is 1. The molecular formula is C21H31N5O. The van der Waals surface area contributed by atoms with E-state index in [9.17, 15) is 4.79 Å². The maximum Gasteiger partial charge on any atom is 0.241 e. The van der Waals surface area contributed by atoms with E-state index in [1.165, 1.54) is 37.7 Å². The standard InChI is InChI=1S/C21H31N5O/c27-21(20-18-3-1-2-4-19(18)23-24-20)26-13-16-5-6-17(26)14-25(12-16)11-15-7-9-22-10-8-15/h7-10,16-20,23-24H,1-6,11-14H2/t16-,17+,18?,19?,20?/m0/s1. The van der Waals surface area contributed by atoms with Gasteiger partial charge in [0, 0.05) is 56.6 Å². The second-order valence-electron chi connectivity index (χ2n) is 8.96. The Morgan fingerprint density at radius 1 is 1.04 bits per heavy atom. The van der Waals surface area contributed by atoms with E-state index in [2.05, 4.69) is 37.8 Å². The molecule has 27 heavy (non-hydrogen) atoms. The highest BCUT2D eigenvalue weighted by Gasteiger charge is 2.46. The van der Waals surface area contributed by atoms with E-state index in [1.54, 1.807) is 0 Å². The van der Waals surface area contributed by atoms with Crippen LogP contribution in [-0.4, -0.2) is 58.5 Å². The van der Waals surface area contributed by atoms with E-state index in [0.29, 0.717) is 29.8 Å². The fraction of sp³-hybridized carbons (Fsp3) is 0.714. The van der Waals surface area contributed by atoms with Crippen molar-refractivity contribution in [2.24, 2.45) is 11.8 Å². The van der Waals surface area contributed by atoms with Gasteiger partial charge in [0.2, 0.25) is 5.91 Å². The Kier molecular flexibility index (Phi) is 4.88. The SMILES string of the molecule is O=C(C1NNC2CCCCC21)N1C[C@H]2CC[C@@H]1CN(Cc1ccncc1)C2. The van der Waals surface area contributed by atoms with Gasteiger partial charge in [-0.3, -0.25) is 20.1 Å². The van der Waals surface area contributed by atoms with Gasteiger partial charge in [-0.2, -0.15) is 0 Å².